The summed E-state index contributed by atoms with van der Waals surface area (Å²) >= 11 is 1.37. The molecule has 0 unspecified atom stereocenters. The first kappa shape index (κ1) is 22.3. The minimum absolute atomic E-state index is 0.0917. The number of amides is 1. The van der Waals surface area contributed by atoms with Crippen LogP contribution in [-0.2, 0) is 16.1 Å². The fourth-order valence-corrected chi connectivity index (χ4v) is 4.81. The van der Waals surface area contributed by atoms with Gasteiger partial charge in [0.2, 0.25) is 0 Å². The summed E-state index contributed by atoms with van der Waals surface area (Å²) in [5, 5.41) is 0.614. The van der Waals surface area contributed by atoms with Crippen LogP contribution in [0, 0.1) is 0 Å². The third-order valence-electron chi connectivity index (χ3n) is 5.65. The summed E-state index contributed by atoms with van der Waals surface area (Å²) in [5.41, 5.74) is 2.88. The summed E-state index contributed by atoms with van der Waals surface area (Å²) in [6, 6.07) is 19.4. The van der Waals surface area contributed by atoms with Crippen LogP contribution in [0.3, 0.4) is 0 Å². The van der Waals surface area contributed by atoms with Crippen molar-refractivity contribution < 1.29 is 18.7 Å². The zero-order valence-electron chi connectivity index (χ0n) is 18.8. The van der Waals surface area contributed by atoms with Crippen LogP contribution in [0.5, 0.6) is 5.75 Å². The van der Waals surface area contributed by atoms with Gasteiger partial charge in [-0.2, -0.15) is 0 Å². The first-order valence-electron chi connectivity index (χ1n) is 11.1. The number of furan rings is 1. The number of aliphatic imine (C=N–C) groups is 1. The quantitative estimate of drug-likeness (QED) is 0.471. The number of anilines is 1. The van der Waals surface area contributed by atoms with E-state index in [2.05, 4.69) is 17.0 Å². The molecule has 0 radical (unpaired) electrons. The fourth-order valence-electron chi connectivity index (χ4n) is 3.81. The molecule has 0 spiro atoms. The number of hydrogen-bond donors (Lipinski definition) is 0. The molecule has 8 heteroatoms. The van der Waals surface area contributed by atoms with Crippen LogP contribution >= 0.6 is 11.8 Å². The van der Waals surface area contributed by atoms with Gasteiger partial charge in [0, 0.05) is 18.8 Å². The number of rotatable bonds is 6. The molecule has 1 aromatic heterocycles. The number of hydrogen-bond acceptors (Lipinski definition) is 7. The van der Waals surface area contributed by atoms with Crippen molar-refractivity contribution in [3.63, 3.8) is 0 Å². The van der Waals surface area contributed by atoms with E-state index < -0.39 is 0 Å². The van der Waals surface area contributed by atoms with Crippen molar-refractivity contribution in [1.29, 1.82) is 0 Å². The summed E-state index contributed by atoms with van der Waals surface area (Å²) in [4.78, 5) is 22.6. The Morgan fingerprint density at radius 2 is 1.82 bits per heavy atom. The van der Waals surface area contributed by atoms with Gasteiger partial charge in [0.05, 0.1) is 43.7 Å². The predicted octanol–water partition coefficient (Wildman–Crippen LogP) is 4.93. The Morgan fingerprint density at radius 1 is 1.06 bits per heavy atom. The lowest BCUT2D eigenvalue weighted by Crippen LogP contribution is -2.36. The molecule has 7 nitrogen and oxygen atoms in total. The normalized spacial score (nSPS) is 18.8. The third kappa shape index (κ3) is 5.03. The summed E-state index contributed by atoms with van der Waals surface area (Å²) in [6.07, 6.45) is 3.53. The van der Waals surface area contributed by atoms with E-state index >= 15 is 0 Å². The molecule has 2 fully saturated rings. The molecule has 2 aliphatic heterocycles. The zero-order chi connectivity index (χ0) is 23.3. The Kier molecular flexibility index (Phi) is 6.69. The monoisotopic (exact) mass is 475 g/mol. The van der Waals surface area contributed by atoms with Crippen molar-refractivity contribution in [2.24, 2.45) is 4.99 Å². The number of ether oxygens (including phenoxy) is 2. The van der Waals surface area contributed by atoms with E-state index in [-0.39, 0.29) is 5.91 Å². The summed E-state index contributed by atoms with van der Waals surface area (Å²) in [7, 11) is 1.63. The highest BCUT2D eigenvalue weighted by Gasteiger charge is 2.34. The van der Waals surface area contributed by atoms with Gasteiger partial charge in [-0.3, -0.25) is 9.69 Å². The van der Waals surface area contributed by atoms with Crippen molar-refractivity contribution in [3.8, 4) is 5.75 Å². The first-order valence-corrected chi connectivity index (χ1v) is 11.9. The maximum Gasteiger partial charge on any atom is 0.267 e. The maximum atomic E-state index is 13.3. The number of morpholine rings is 1. The molecule has 2 aliphatic rings. The molecule has 2 aromatic carbocycles. The highest BCUT2D eigenvalue weighted by Crippen LogP contribution is 2.35. The minimum atomic E-state index is -0.0917. The number of carbonyl (C=O) groups is 1. The van der Waals surface area contributed by atoms with Gasteiger partial charge in [-0.15, -0.1) is 0 Å². The van der Waals surface area contributed by atoms with Gasteiger partial charge in [0.25, 0.3) is 5.91 Å². The average molecular weight is 476 g/mol. The fraction of sp³-hybridized carbons (Fsp3) is 0.231. The highest BCUT2D eigenvalue weighted by atomic mass is 32.2. The first-order chi connectivity index (χ1) is 16.7. The summed E-state index contributed by atoms with van der Waals surface area (Å²) < 4.78 is 16.2. The largest absolute Gasteiger partial charge is 0.497 e. The standard InChI is InChI=1S/C26H25N3O4S/c1-31-22-10-6-20(7-11-22)27-26-29(18-23-3-2-14-33-23)25(30)24(34-26)17-19-4-8-21(9-5-19)28-12-15-32-16-13-28/h2-11,14,17H,12-13,15-16,18H2,1H3/b24-17-,27-26?. The van der Waals surface area contributed by atoms with Gasteiger partial charge >= 0.3 is 0 Å². The Bertz CT molecular complexity index is 1180. The average Bonchev–Trinajstić information content (AvgIpc) is 3.50. The Morgan fingerprint density at radius 3 is 2.50 bits per heavy atom. The second-order valence-electron chi connectivity index (χ2n) is 7.86. The van der Waals surface area contributed by atoms with Crippen LogP contribution in [0.25, 0.3) is 6.08 Å². The molecule has 34 heavy (non-hydrogen) atoms. The number of nitrogens with zero attached hydrogens (tertiary/aromatic N) is 3. The van der Waals surface area contributed by atoms with Crippen LogP contribution in [0.2, 0.25) is 0 Å². The molecular formula is C26H25N3O4S. The summed E-state index contributed by atoms with van der Waals surface area (Å²) in [6.45, 7) is 3.60. The molecule has 0 N–H and O–H groups in total. The molecule has 0 atom stereocenters. The molecule has 174 valence electrons. The van der Waals surface area contributed by atoms with Crippen molar-refractivity contribution in [3.05, 3.63) is 83.2 Å². The second-order valence-corrected chi connectivity index (χ2v) is 8.87. The Hall–Kier alpha value is -3.49. The Balaban J connectivity index is 1.40. The lowest BCUT2D eigenvalue weighted by molar-refractivity contribution is -0.122. The van der Waals surface area contributed by atoms with Crippen LogP contribution in [-0.4, -0.2) is 49.4 Å². The maximum absolute atomic E-state index is 13.3. The van der Waals surface area contributed by atoms with Gasteiger partial charge in [-0.05, 0) is 71.9 Å². The molecule has 3 aromatic rings. The number of benzene rings is 2. The van der Waals surface area contributed by atoms with E-state index in [4.69, 9.17) is 18.9 Å². The molecule has 1 amide bonds. The van der Waals surface area contributed by atoms with Crippen LogP contribution in [0.15, 0.2) is 81.2 Å². The van der Waals surface area contributed by atoms with Crippen molar-refractivity contribution in [1.82, 2.24) is 4.90 Å². The lowest BCUT2D eigenvalue weighted by atomic mass is 10.1. The number of thioether (sulfide) groups is 1. The number of amidine groups is 1. The van der Waals surface area contributed by atoms with Crippen LogP contribution in [0.1, 0.15) is 11.3 Å². The number of methoxy groups -OCH3 is 1. The van der Waals surface area contributed by atoms with Crippen molar-refractivity contribution >= 4 is 40.3 Å². The van der Waals surface area contributed by atoms with Gasteiger partial charge < -0.3 is 18.8 Å². The van der Waals surface area contributed by atoms with Crippen molar-refractivity contribution in [2.45, 2.75) is 6.54 Å². The van der Waals surface area contributed by atoms with Gasteiger partial charge in [0.15, 0.2) is 5.17 Å². The molecular weight excluding hydrogens is 450 g/mol. The van der Waals surface area contributed by atoms with E-state index in [1.54, 1.807) is 18.3 Å². The van der Waals surface area contributed by atoms with E-state index in [0.29, 0.717) is 22.4 Å². The molecule has 0 saturated carbocycles. The van der Waals surface area contributed by atoms with Gasteiger partial charge in [0.1, 0.15) is 11.5 Å². The Labute approximate surface area is 202 Å². The second kappa shape index (κ2) is 10.2. The lowest BCUT2D eigenvalue weighted by Gasteiger charge is -2.28. The zero-order valence-corrected chi connectivity index (χ0v) is 19.7. The topological polar surface area (TPSA) is 67.5 Å². The highest BCUT2D eigenvalue weighted by molar-refractivity contribution is 8.18. The van der Waals surface area contributed by atoms with E-state index in [1.807, 2.05) is 54.6 Å². The van der Waals surface area contributed by atoms with E-state index in [9.17, 15) is 4.79 Å². The van der Waals surface area contributed by atoms with Gasteiger partial charge in [-0.25, -0.2) is 4.99 Å². The van der Waals surface area contributed by atoms with E-state index in [0.717, 1.165) is 49.0 Å². The molecule has 0 bridgehead atoms. The molecule has 3 heterocycles. The van der Waals surface area contributed by atoms with E-state index in [1.165, 1.54) is 11.8 Å². The van der Waals surface area contributed by atoms with Crippen LogP contribution in [0.4, 0.5) is 11.4 Å². The van der Waals surface area contributed by atoms with Crippen LogP contribution < -0.4 is 9.64 Å². The molecule has 5 rings (SSSR count). The molecule has 0 aliphatic carbocycles. The predicted molar refractivity (Wildman–Crippen MR) is 134 cm³/mol. The summed E-state index contributed by atoms with van der Waals surface area (Å²) in [5.74, 6) is 1.37. The third-order valence-corrected chi connectivity index (χ3v) is 6.65. The van der Waals surface area contributed by atoms with Crippen molar-refractivity contribution in [2.75, 3.05) is 38.3 Å². The smallest absolute Gasteiger partial charge is 0.267 e. The minimum Gasteiger partial charge on any atom is -0.497 e. The molecule has 2 saturated heterocycles. The van der Waals surface area contributed by atoms with Gasteiger partial charge in [-0.1, -0.05) is 12.1 Å². The number of carbonyl (C=O) groups excluding carboxylic acids is 1. The SMILES string of the molecule is COc1ccc(N=C2S/C(=C\c3ccc(N4CCOCC4)cc3)C(=O)N2Cc2ccco2)cc1.